The molecule has 25 heavy (non-hydrogen) atoms. The topological polar surface area (TPSA) is 59.6 Å². The summed E-state index contributed by atoms with van der Waals surface area (Å²) in [5.74, 6) is 4.78. The molecule has 3 aliphatic carbocycles. The van der Waals surface area contributed by atoms with Crippen molar-refractivity contribution in [2.24, 2.45) is 23.7 Å². The number of hydrogen-bond donors (Lipinski definition) is 2. The molecule has 0 heterocycles. The van der Waals surface area contributed by atoms with Gasteiger partial charge < -0.3 is 20.1 Å². The molecule has 1 aromatic rings. The first kappa shape index (κ1) is 16.6. The number of rotatable bonds is 5. The summed E-state index contributed by atoms with van der Waals surface area (Å²) in [5.41, 5.74) is 0.997. The Balaban J connectivity index is 1.30. The van der Waals surface area contributed by atoms with E-state index in [0.717, 1.165) is 23.3 Å². The SMILES string of the molecule is COc1ccc(CNC(=O)N[C@@H]2C[C@H]3C[C@H]2[C@H]2CCC[C@@H]32)cc1OC. The highest BCUT2D eigenvalue weighted by Crippen LogP contribution is 2.58. The second-order valence-corrected chi connectivity index (χ2v) is 7.78. The Morgan fingerprint density at radius 2 is 1.88 bits per heavy atom. The highest BCUT2D eigenvalue weighted by Gasteiger charge is 2.54. The van der Waals surface area contributed by atoms with Crippen LogP contribution in [0.5, 0.6) is 11.5 Å². The fourth-order valence-corrected chi connectivity index (χ4v) is 5.63. The van der Waals surface area contributed by atoms with E-state index in [4.69, 9.17) is 9.47 Å². The van der Waals surface area contributed by atoms with E-state index in [9.17, 15) is 4.79 Å². The molecule has 2 amide bonds. The number of benzene rings is 1. The number of amides is 2. The van der Waals surface area contributed by atoms with Crippen molar-refractivity contribution in [1.29, 1.82) is 0 Å². The van der Waals surface area contributed by atoms with Crippen LogP contribution in [-0.2, 0) is 6.54 Å². The first-order chi connectivity index (χ1) is 12.2. The fraction of sp³-hybridized carbons (Fsp3) is 0.650. The van der Waals surface area contributed by atoms with E-state index in [0.29, 0.717) is 30.0 Å². The molecule has 3 saturated carbocycles. The smallest absolute Gasteiger partial charge is 0.315 e. The van der Waals surface area contributed by atoms with E-state index in [2.05, 4.69) is 10.6 Å². The molecule has 2 bridgehead atoms. The lowest BCUT2D eigenvalue weighted by Gasteiger charge is -2.32. The summed E-state index contributed by atoms with van der Waals surface area (Å²) in [6, 6.07) is 6.03. The summed E-state index contributed by atoms with van der Waals surface area (Å²) >= 11 is 0. The standard InChI is InChI=1S/C20H28N2O3/c1-24-18-7-6-12(8-19(18)25-2)11-21-20(23)22-17-10-13-9-16(17)15-5-3-4-14(13)15/h6-8,13-17H,3-5,9-11H2,1-2H3,(H2,21,22,23)/t13-,14+,15+,16+,17-/m1/s1. The van der Waals surface area contributed by atoms with E-state index in [-0.39, 0.29) is 6.03 Å². The predicted molar refractivity (Wildman–Crippen MR) is 95.8 cm³/mol. The Bertz CT molecular complexity index is 648. The minimum atomic E-state index is -0.0538. The Hall–Kier alpha value is -1.91. The van der Waals surface area contributed by atoms with Crippen LogP contribution in [-0.4, -0.2) is 26.3 Å². The Morgan fingerprint density at radius 1 is 1.08 bits per heavy atom. The summed E-state index contributed by atoms with van der Waals surface area (Å²) in [6.45, 7) is 0.485. The van der Waals surface area contributed by atoms with Crippen molar-refractivity contribution >= 4 is 6.03 Å². The van der Waals surface area contributed by atoms with Gasteiger partial charge in [0.2, 0.25) is 0 Å². The molecule has 5 atom stereocenters. The molecule has 0 saturated heterocycles. The molecule has 5 nitrogen and oxygen atoms in total. The number of urea groups is 1. The molecule has 5 heteroatoms. The quantitative estimate of drug-likeness (QED) is 0.861. The third-order valence-electron chi connectivity index (χ3n) is 6.65. The summed E-state index contributed by atoms with van der Waals surface area (Å²) in [7, 11) is 3.24. The molecule has 3 aliphatic rings. The van der Waals surface area contributed by atoms with Crippen LogP contribution >= 0.6 is 0 Å². The third-order valence-corrected chi connectivity index (χ3v) is 6.65. The van der Waals surface area contributed by atoms with Crippen LogP contribution in [0.3, 0.4) is 0 Å². The van der Waals surface area contributed by atoms with Crippen molar-refractivity contribution in [3.8, 4) is 11.5 Å². The Kier molecular flexibility index (Phi) is 4.48. The number of fused-ring (bicyclic) bond motifs is 5. The lowest BCUT2D eigenvalue weighted by atomic mass is 9.79. The first-order valence-corrected chi connectivity index (χ1v) is 9.45. The van der Waals surface area contributed by atoms with E-state index in [1.807, 2.05) is 18.2 Å². The van der Waals surface area contributed by atoms with Crippen molar-refractivity contribution in [3.05, 3.63) is 23.8 Å². The first-order valence-electron chi connectivity index (χ1n) is 9.45. The normalized spacial score (nSPS) is 32.3. The number of hydrogen-bond acceptors (Lipinski definition) is 3. The van der Waals surface area contributed by atoms with Gasteiger partial charge in [-0.2, -0.15) is 0 Å². The Labute approximate surface area is 149 Å². The van der Waals surface area contributed by atoms with Crippen molar-refractivity contribution < 1.29 is 14.3 Å². The van der Waals surface area contributed by atoms with Crippen LogP contribution in [0.15, 0.2) is 18.2 Å². The molecule has 1 aromatic carbocycles. The molecule has 3 fully saturated rings. The van der Waals surface area contributed by atoms with Gasteiger partial charge in [-0.3, -0.25) is 0 Å². The number of ether oxygens (including phenoxy) is 2. The van der Waals surface area contributed by atoms with Crippen molar-refractivity contribution in [1.82, 2.24) is 10.6 Å². The summed E-state index contributed by atoms with van der Waals surface area (Å²) in [4.78, 5) is 12.3. The molecule has 136 valence electrons. The molecule has 0 unspecified atom stereocenters. The summed E-state index contributed by atoms with van der Waals surface area (Å²) in [6.07, 6.45) is 6.69. The summed E-state index contributed by atoms with van der Waals surface area (Å²) in [5, 5.41) is 6.23. The van der Waals surface area contributed by atoms with Crippen LogP contribution in [0.25, 0.3) is 0 Å². The van der Waals surface area contributed by atoms with Crippen LogP contribution in [0.4, 0.5) is 4.79 Å². The lowest BCUT2D eigenvalue weighted by molar-refractivity contribution is 0.197. The van der Waals surface area contributed by atoms with Gasteiger partial charge in [-0.15, -0.1) is 0 Å². The van der Waals surface area contributed by atoms with E-state index < -0.39 is 0 Å². The van der Waals surface area contributed by atoms with E-state index >= 15 is 0 Å². The van der Waals surface area contributed by atoms with E-state index in [1.54, 1.807) is 14.2 Å². The highest BCUT2D eigenvalue weighted by molar-refractivity contribution is 5.74. The second kappa shape index (κ2) is 6.77. The Morgan fingerprint density at radius 3 is 2.68 bits per heavy atom. The third kappa shape index (κ3) is 3.05. The second-order valence-electron chi connectivity index (χ2n) is 7.78. The maximum Gasteiger partial charge on any atom is 0.315 e. The van der Waals surface area contributed by atoms with Gasteiger partial charge in [0.1, 0.15) is 0 Å². The van der Waals surface area contributed by atoms with Crippen LogP contribution in [0, 0.1) is 23.7 Å². The highest BCUT2D eigenvalue weighted by atomic mass is 16.5. The average molecular weight is 344 g/mol. The molecule has 4 rings (SSSR count). The van der Waals surface area contributed by atoms with Gasteiger partial charge in [-0.1, -0.05) is 12.5 Å². The molecule has 0 aliphatic heterocycles. The van der Waals surface area contributed by atoms with Crippen molar-refractivity contribution in [2.75, 3.05) is 14.2 Å². The minimum absolute atomic E-state index is 0.0538. The molecule has 0 aromatic heterocycles. The molecule has 0 radical (unpaired) electrons. The van der Waals surface area contributed by atoms with Gasteiger partial charge in [0.15, 0.2) is 11.5 Å². The van der Waals surface area contributed by atoms with Crippen molar-refractivity contribution in [2.45, 2.75) is 44.7 Å². The van der Waals surface area contributed by atoms with Crippen LogP contribution in [0.1, 0.15) is 37.7 Å². The monoisotopic (exact) mass is 344 g/mol. The summed E-state index contributed by atoms with van der Waals surface area (Å²) < 4.78 is 10.6. The average Bonchev–Trinajstić information content (AvgIpc) is 3.32. The predicted octanol–water partition coefficient (Wildman–Crippen LogP) is 3.33. The maximum absolute atomic E-state index is 12.3. The molecular weight excluding hydrogens is 316 g/mol. The van der Waals surface area contributed by atoms with Gasteiger partial charge in [0.25, 0.3) is 0 Å². The van der Waals surface area contributed by atoms with Gasteiger partial charge in [-0.05, 0) is 67.1 Å². The van der Waals surface area contributed by atoms with Gasteiger partial charge in [0.05, 0.1) is 14.2 Å². The number of methoxy groups -OCH3 is 2. The number of carbonyl (C=O) groups is 1. The largest absolute Gasteiger partial charge is 0.493 e. The zero-order chi connectivity index (χ0) is 17.4. The lowest BCUT2D eigenvalue weighted by Crippen LogP contribution is -2.46. The zero-order valence-electron chi connectivity index (χ0n) is 15.1. The molecular formula is C20H28N2O3. The zero-order valence-corrected chi connectivity index (χ0v) is 15.1. The fourth-order valence-electron chi connectivity index (χ4n) is 5.63. The molecule has 2 N–H and O–H groups in total. The van der Waals surface area contributed by atoms with E-state index in [1.165, 1.54) is 32.1 Å². The number of carbonyl (C=O) groups excluding carboxylic acids is 1. The van der Waals surface area contributed by atoms with Crippen LogP contribution < -0.4 is 20.1 Å². The van der Waals surface area contributed by atoms with Crippen LogP contribution in [0.2, 0.25) is 0 Å². The van der Waals surface area contributed by atoms with Gasteiger partial charge in [-0.25, -0.2) is 4.79 Å². The van der Waals surface area contributed by atoms with Gasteiger partial charge in [0, 0.05) is 12.6 Å². The van der Waals surface area contributed by atoms with Gasteiger partial charge >= 0.3 is 6.03 Å². The maximum atomic E-state index is 12.3. The van der Waals surface area contributed by atoms with Crippen molar-refractivity contribution in [3.63, 3.8) is 0 Å². The number of nitrogens with one attached hydrogen (secondary N) is 2. The minimum Gasteiger partial charge on any atom is -0.493 e. The molecule has 0 spiro atoms.